The SMILES string of the molecule is CC(C(=O)NCc1ccc(F)c(Cl)c1)N1CCCCCC1. The van der Waals surface area contributed by atoms with Gasteiger partial charge in [-0.05, 0) is 50.6 Å². The van der Waals surface area contributed by atoms with Crippen molar-refractivity contribution in [1.82, 2.24) is 10.2 Å². The fourth-order valence-electron chi connectivity index (χ4n) is 2.63. The Hall–Kier alpha value is -1.13. The highest BCUT2D eigenvalue weighted by Gasteiger charge is 2.21. The number of rotatable bonds is 4. The fraction of sp³-hybridized carbons (Fsp3) is 0.562. The van der Waals surface area contributed by atoms with Crippen LogP contribution in [0.4, 0.5) is 4.39 Å². The summed E-state index contributed by atoms with van der Waals surface area (Å²) in [7, 11) is 0. The number of carbonyl (C=O) groups is 1. The summed E-state index contributed by atoms with van der Waals surface area (Å²) in [5, 5.41) is 2.99. The van der Waals surface area contributed by atoms with Crippen LogP contribution >= 0.6 is 11.6 Å². The van der Waals surface area contributed by atoms with Gasteiger partial charge in [-0.1, -0.05) is 30.5 Å². The van der Waals surface area contributed by atoms with Gasteiger partial charge in [-0.2, -0.15) is 0 Å². The lowest BCUT2D eigenvalue weighted by atomic mass is 10.2. The first-order chi connectivity index (χ1) is 10.1. The molecule has 0 bridgehead atoms. The van der Waals surface area contributed by atoms with E-state index >= 15 is 0 Å². The van der Waals surface area contributed by atoms with E-state index in [9.17, 15) is 9.18 Å². The van der Waals surface area contributed by atoms with Crippen LogP contribution in [-0.4, -0.2) is 29.9 Å². The molecule has 1 aromatic rings. The van der Waals surface area contributed by atoms with Gasteiger partial charge in [0.1, 0.15) is 5.82 Å². The molecule has 21 heavy (non-hydrogen) atoms. The van der Waals surface area contributed by atoms with Crippen molar-refractivity contribution in [3.8, 4) is 0 Å². The third-order valence-electron chi connectivity index (χ3n) is 4.02. The number of hydrogen-bond acceptors (Lipinski definition) is 2. The van der Waals surface area contributed by atoms with Crippen molar-refractivity contribution in [2.24, 2.45) is 0 Å². The predicted octanol–water partition coefficient (Wildman–Crippen LogP) is 3.36. The van der Waals surface area contributed by atoms with Crippen LogP contribution < -0.4 is 5.32 Å². The van der Waals surface area contributed by atoms with Crippen molar-refractivity contribution in [2.75, 3.05) is 13.1 Å². The van der Waals surface area contributed by atoms with E-state index in [2.05, 4.69) is 10.2 Å². The van der Waals surface area contributed by atoms with Gasteiger partial charge < -0.3 is 5.32 Å². The second-order valence-electron chi connectivity index (χ2n) is 5.59. The zero-order valence-corrected chi connectivity index (χ0v) is 13.1. The summed E-state index contributed by atoms with van der Waals surface area (Å²) >= 11 is 5.74. The molecule has 1 aliphatic rings. The van der Waals surface area contributed by atoms with Crippen LogP contribution in [0.5, 0.6) is 0 Å². The number of likely N-dealkylation sites (tertiary alicyclic amines) is 1. The zero-order chi connectivity index (χ0) is 15.2. The van der Waals surface area contributed by atoms with Crippen LogP contribution in [0.2, 0.25) is 5.02 Å². The molecular formula is C16H22ClFN2O. The first kappa shape index (κ1) is 16.2. The number of nitrogens with one attached hydrogen (secondary N) is 1. The van der Waals surface area contributed by atoms with E-state index in [0.717, 1.165) is 31.5 Å². The van der Waals surface area contributed by atoms with Crippen molar-refractivity contribution in [3.05, 3.63) is 34.6 Å². The first-order valence-corrected chi connectivity index (χ1v) is 7.91. The van der Waals surface area contributed by atoms with E-state index in [4.69, 9.17) is 11.6 Å². The topological polar surface area (TPSA) is 32.3 Å². The van der Waals surface area contributed by atoms with Gasteiger partial charge in [0.05, 0.1) is 11.1 Å². The van der Waals surface area contributed by atoms with Gasteiger partial charge in [0, 0.05) is 6.54 Å². The van der Waals surface area contributed by atoms with E-state index in [0.29, 0.717) is 6.54 Å². The Morgan fingerprint density at radius 2 is 2.00 bits per heavy atom. The Labute approximate surface area is 130 Å². The average molecular weight is 313 g/mol. The number of halogens is 2. The van der Waals surface area contributed by atoms with Crippen molar-refractivity contribution in [2.45, 2.75) is 45.2 Å². The largest absolute Gasteiger partial charge is 0.351 e. The number of hydrogen-bond donors (Lipinski definition) is 1. The molecule has 1 saturated heterocycles. The molecule has 0 radical (unpaired) electrons. The highest BCUT2D eigenvalue weighted by atomic mass is 35.5. The standard InChI is InChI=1S/C16H22ClFN2O/c1-12(20-8-4-2-3-5-9-20)16(21)19-11-13-6-7-15(18)14(17)10-13/h6-7,10,12H,2-5,8-9,11H2,1H3,(H,19,21). The van der Waals surface area contributed by atoms with E-state index in [1.165, 1.54) is 18.9 Å². The maximum atomic E-state index is 13.1. The Bertz CT molecular complexity index is 487. The lowest BCUT2D eigenvalue weighted by molar-refractivity contribution is -0.126. The molecule has 116 valence electrons. The molecule has 1 aliphatic heterocycles. The molecule has 1 atom stereocenters. The van der Waals surface area contributed by atoms with Gasteiger partial charge in [0.25, 0.3) is 0 Å². The molecular weight excluding hydrogens is 291 g/mol. The number of amides is 1. The lowest BCUT2D eigenvalue weighted by Crippen LogP contribution is -2.45. The Morgan fingerprint density at radius 1 is 1.33 bits per heavy atom. The molecule has 1 fully saturated rings. The smallest absolute Gasteiger partial charge is 0.237 e. The average Bonchev–Trinajstić information content (AvgIpc) is 2.76. The summed E-state index contributed by atoms with van der Waals surface area (Å²) in [6.45, 7) is 4.28. The van der Waals surface area contributed by atoms with Crippen LogP contribution in [0.1, 0.15) is 38.2 Å². The summed E-state index contributed by atoms with van der Waals surface area (Å²) in [4.78, 5) is 14.5. The van der Waals surface area contributed by atoms with Crippen molar-refractivity contribution >= 4 is 17.5 Å². The molecule has 3 nitrogen and oxygen atoms in total. The summed E-state index contributed by atoms with van der Waals surface area (Å²) in [6.07, 6.45) is 4.81. The molecule has 1 aromatic carbocycles. The van der Waals surface area contributed by atoms with Gasteiger partial charge in [-0.15, -0.1) is 0 Å². The van der Waals surface area contributed by atoms with E-state index in [-0.39, 0.29) is 17.0 Å². The summed E-state index contributed by atoms with van der Waals surface area (Å²) in [5.74, 6) is -0.429. The Kier molecular flexibility index (Phi) is 6.00. The van der Waals surface area contributed by atoms with Crippen molar-refractivity contribution < 1.29 is 9.18 Å². The predicted molar refractivity (Wildman–Crippen MR) is 82.8 cm³/mol. The molecule has 0 aliphatic carbocycles. The molecule has 1 heterocycles. The van der Waals surface area contributed by atoms with Gasteiger partial charge in [-0.25, -0.2) is 4.39 Å². The van der Waals surface area contributed by atoms with Gasteiger partial charge in [0.15, 0.2) is 0 Å². The fourth-order valence-corrected chi connectivity index (χ4v) is 2.84. The molecule has 0 spiro atoms. The third-order valence-corrected chi connectivity index (χ3v) is 4.31. The summed E-state index contributed by atoms with van der Waals surface area (Å²) in [6, 6.07) is 4.38. The summed E-state index contributed by atoms with van der Waals surface area (Å²) in [5.41, 5.74) is 0.804. The molecule has 2 rings (SSSR count). The number of carbonyl (C=O) groups excluding carboxylic acids is 1. The Balaban J connectivity index is 1.86. The maximum Gasteiger partial charge on any atom is 0.237 e. The minimum atomic E-state index is -0.440. The second kappa shape index (κ2) is 7.76. The third kappa shape index (κ3) is 4.68. The number of nitrogens with zero attached hydrogens (tertiary/aromatic N) is 1. The zero-order valence-electron chi connectivity index (χ0n) is 12.4. The first-order valence-electron chi connectivity index (χ1n) is 7.53. The van der Waals surface area contributed by atoms with E-state index < -0.39 is 5.82 Å². The normalized spacial score (nSPS) is 18.0. The van der Waals surface area contributed by atoms with Crippen LogP contribution in [-0.2, 0) is 11.3 Å². The van der Waals surface area contributed by atoms with Crippen LogP contribution in [0.15, 0.2) is 18.2 Å². The van der Waals surface area contributed by atoms with Gasteiger partial charge >= 0.3 is 0 Å². The molecule has 5 heteroatoms. The second-order valence-corrected chi connectivity index (χ2v) is 6.00. The van der Waals surface area contributed by atoms with E-state index in [1.54, 1.807) is 12.1 Å². The molecule has 0 aromatic heterocycles. The van der Waals surface area contributed by atoms with Crippen molar-refractivity contribution in [3.63, 3.8) is 0 Å². The molecule has 1 unspecified atom stereocenters. The Morgan fingerprint density at radius 3 is 2.62 bits per heavy atom. The quantitative estimate of drug-likeness (QED) is 0.924. The van der Waals surface area contributed by atoms with Crippen LogP contribution in [0.25, 0.3) is 0 Å². The highest BCUT2D eigenvalue weighted by Crippen LogP contribution is 2.16. The van der Waals surface area contributed by atoms with Gasteiger partial charge in [-0.3, -0.25) is 9.69 Å². The lowest BCUT2D eigenvalue weighted by Gasteiger charge is -2.26. The maximum absolute atomic E-state index is 13.1. The number of benzene rings is 1. The van der Waals surface area contributed by atoms with Gasteiger partial charge in [0.2, 0.25) is 5.91 Å². The monoisotopic (exact) mass is 312 g/mol. The molecule has 0 saturated carbocycles. The van der Waals surface area contributed by atoms with Crippen LogP contribution in [0, 0.1) is 5.82 Å². The summed E-state index contributed by atoms with van der Waals surface area (Å²) < 4.78 is 13.1. The highest BCUT2D eigenvalue weighted by molar-refractivity contribution is 6.30. The molecule has 1 amide bonds. The minimum Gasteiger partial charge on any atom is -0.351 e. The van der Waals surface area contributed by atoms with E-state index in [1.807, 2.05) is 6.92 Å². The van der Waals surface area contributed by atoms with Crippen LogP contribution in [0.3, 0.4) is 0 Å². The molecule has 1 N–H and O–H groups in total. The van der Waals surface area contributed by atoms with Crippen molar-refractivity contribution in [1.29, 1.82) is 0 Å². The minimum absolute atomic E-state index is 0.0114.